The van der Waals surface area contributed by atoms with Crippen molar-refractivity contribution in [2.45, 2.75) is 25.2 Å². The van der Waals surface area contributed by atoms with Crippen LogP contribution in [-0.4, -0.2) is 36.8 Å². The van der Waals surface area contributed by atoms with Crippen LogP contribution in [-0.2, 0) is 11.2 Å². The van der Waals surface area contributed by atoms with E-state index in [0.717, 1.165) is 23.4 Å². The third-order valence-electron chi connectivity index (χ3n) is 5.94. The summed E-state index contributed by atoms with van der Waals surface area (Å²) >= 11 is 1.41. The summed E-state index contributed by atoms with van der Waals surface area (Å²) in [5, 5.41) is 6.32. The van der Waals surface area contributed by atoms with Crippen LogP contribution in [0.2, 0.25) is 0 Å². The number of nitrogens with one attached hydrogen (secondary N) is 2. The first-order valence-corrected chi connectivity index (χ1v) is 11.9. The fourth-order valence-electron chi connectivity index (χ4n) is 4.28. The second kappa shape index (κ2) is 8.53. The number of aryl methyl sites for hydroxylation is 1. The molecule has 0 spiro atoms. The van der Waals surface area contributed by atoms with E-state index < -0.39 is 0 Å². The van der Waals surface area contributed by atoms with Gasteiger partial charge in [-0.2, -0.15) is 0 Å². The molecular weight excluding hydrogens is 458 g/mol. The van der Waals surface area contributed by atoms with E-state index in [1.807, 2.05) is 0 Å². The summed E-state index contributed by atoms with van der Waals surface area (Å²) in [5.41, 5.74) is 1.82. The molecule has 9 nitrogen and oxygen atoms in total. The number of rotatable bonds is 4. The molecule has 3 aromatic rings. The molecule has 0 unspecified atom stereocenters. The van der Waals surface area contributed by atoms with Gasteiger partial charge >= 0.3 is 0 Å². The number of aromatic nitrogens is 1. The minimum absolute atomic E-state index is 0.128. The van der Waals surface area contributed by atoms with Crippen LogP contribution in [0.15, 0.2) is 36.4 Å². The Morgan fingerprint density at radius 1 is 0.912 bits per heavy atom. The average molecular weight is 480 g/mol. The van der Waals surface area contributed by atoms with E-state index in [1.165, 1.54) is 11.3 Å². The summed E-state index contributed by atoms with van der Waals surface area (Å²) in [7, 11) is 0. The third-order valence-corrected chi connectivity index (χ3v) is 6.98. The molecule has 1 atom stereocenters. The van der Waals surface area contributed by atoms with E-state index in [-0.39, 0.29) is 24.5 Å². The Bertz CT molecular complexity index is 1290. The lowest BCUT2D eigenvalue weighted by Crippen LogP contribution is -2.25. The number of nitrogens with zero attached hydrogens (tertiary/aromatic N) is 1. The molecule has 10 heteroatoms. The van der Waals surface area contributed by atoms with E-state index >= 15 is 0 Å². The van der Waals surface area contributed by atoms with Crippen LogP contribution >= 0.6 is 11.3 Å². The molecule has 174 valence electrons. The van der Waals surface area contributed by atoms with Gasteiger partial charge in [0.2, 0.25) is 12.7 Å². The topological polar surface area (TPSA) is 108 Å². The van der Waals surface area contributed by atoms with Gasteiger partial charge < -0.3 is 24.3 Å². The number of carbonyl (C=O) groups excluding carboxylic acids is 2. The minimum atomic E-state index is -0.385. The number of thiazole rings is 1. The Hall–Kier alpha value is -3.79. The normalized spacial score (nSPS) is 17.6. The van der Waals surface area contributed by atoms with Gasteiger partial charge in [-0.15, -0.1) is 11.3 Å². The lowest BCUT2D eigenvalue weighted by atomic mass is 9.90. The monoisotopic (exact) mass is 479 g/mol. The van der Waals surface area contributed by atoms with Crippen molar-refractivity contribution in [1.29, 1.82) is 0 Å². The van der Waals surface area contributed by atoms with E-state index in [4.69, 9.17) is 18.9 Å². The first kappa shape index (κ1) is 20.8. The molecule has 0 saturated carbocycles. The number of amides is 2. The van der Waals surface area contributed by atoms with Crippen molar-refractivity contribution >= 4 is 34.0 Å². The van der Waals surface area contributed by atoms with Gasteiger partial charge in [0.1, 0.15) is 13.2 Å². The number of hydrogen-bond donors (Lipinski definition) is 2. The van der Waals surface area contributed by atoms with Crippen molar-refractivity contribution in [3.63, 3.8) is 0 Å². The summed E-state index contributed by atoms with van der Waals surface area (Å²) in [4.78, 5) is 31.5. The van der Waals surface area contributed by atoms with E-state index in [9.17, 15) is 9.59 Å². The molecule has 0 fully saturated rings. The molecule has 34 heavy (non-hydrogen) atoms. The van der Waals surface area contributed by atoms with Crippen LogP contribution in [0.5, 0.6) is 23.0 Å². The largest absolute Gasteiger partial charge is 0.486 e. The van der Waals surface area contributed by atoms with Crippen LogP contribution in [0.25, 0.3) is 0 Å². The molecule has 1 aliphatic carbocycles. The number of carbonyl (C=O) groups is 2. The molecule has 3 heterocycles. The van der Waals surface area contributed by atoms with Gasteiger partial charge in [0.05, 0.1) is 11.6 Å². The molecule has 2 aliphatic heterocycles. The first-order valence-electron chi connectivity index (χ1n) is 11.1. The van der Waals surface area contributed by atoms with E-state index in [0.29, 0.717) is 59.0 Å². The zero-order valence-corrected chi connectivity index (χ0v) is 18.9. The quantitative estimate of drug-likeness (QED) is 0.583. The van der Waals surface area contributed by atoms with Gasteiger partial charge in [0, 0.05) is 22.2 Å². The molecule has 2 aromatic carbocycles. The number of anilines is 2. The van der Waals surface area contributed by atoms with Crippen LogP contribution in [0.1, 0.15) is 39.7 Å². The first-order chi connectivity index (χ1) is 16.6. The maximum Gasteiger partial charge on any atom is 0.257 e. The van der Waals surface area contributed by atoms with Crippen molar-refractivity contribution in [2.75, 3.05) is 30.6 Å². The zero-order chi connectivity index (χ0) is 23.1. The molecule has 1 aromatic heterocycles. The second-order valence-electron chi connectivity index (χ2n) is 8.14. The fourth-order valence-corrected chi connectivity index (χ4v) is 5.34. The van der Waals surface area contributed by atoms with Crippen LogP contribution in [0.4, 0.5) is 10.8 Å². The van der Waals surface area contributed by atoms with Gasteiger partial charge in [-0.1, -0.05) is 0 Å². The maximum atomic E-state index is 13.1. The highest BCUT2D eigenvalue weighted by Crippen LogP contribution is 2.39. The lowest BCUT2D eigenvalue weighted by molar-refractivity contribution is -0.117. The van der Waals surface area contributed by atoms with Gasteiger partial charge in [-0.3, -0.25) is 14.9 Å². The highest BCUT2D eigenvalue weighted by Gasteiger charge is 2.31. The molecule has 2 amide bonds. The summed E-state index contributed by atoms with van der Waals surface area (Å²) in [5.74, 6) is 1.65. The smallest absolute Gasteiger partial charge is 0.257 e. The van der Waals surface area contributed by atoms with Crippen molar-refractivity contribution in [1.82, 2.24) is 4.98 Å². The second-order valence-corrected chi connectivity index (χ2v) is 9.23. The lowest BCUT2D eigenvalue weighted by Gasteiger charge is -2.22. The SMILES string of the molecule is O=C(Nc1nc2c(s1)CCC[C@H]2C(=O)Nc1ccc2c(c1)OCCO2)c1ccc2c(c1)OCO2. The molecular formula is C24H21N3O6S. The number of ether oxygens (including phenoxy) is 4. The van der Waals surface area contributed by atoms with Gasteiger partial charge in [0.25, 0.3) is 5.91 Å². The van der Waals surface area contributed by atoms with Crippen LogP contribution in [0, 0.1) is 0 Å². The van der Waals surface area contributed by atoms with Gasteiger partial charge in [-0.25, -0.2) is 4.98 Å². The molecule has 2 N–H and O–H groups in total. The summed E-state index contributed by atoms with van der Waals surface area (Å²) in [6.07, 6.45) is 2.41. The van der Waals surface area contributed by atoms with E-state index in [2.05, 4.69) is 15.6 Å². The zero-order valence-electron chi connectivity index (χ0n) is 18.1. The summed E-state index contributed by atoms with van der Waals surface area (Å²) in [6.45, 7) is 1.15. The van der Waals surface area contributed by atoms with Crippen molar-refractivity contribution in [3.05, 3.63) is 52.5 Å². The van der Waals surface area contributed by atoms with Crippen molar-refractivity contribution in [2.24, 2.45) is 0 Å². The highest BCUT2D eigenvalue weighted by atomic mass is 32.1. The van der Waals surface area contributed by atoms with Crippen molar-refractivity contribution in [3.8, 4) is 23.0 Å². The minimum Gasteiger partial charge on any atom is -0.486 e. The predicted molar refractivity (Wildman–Crippen MR) is 124 cm³/mol. The maximum absolute atomic E-state index is 13.1. The fraction of sp³-hybridized carbons (Fsp3) is 0.292. The highest BCUT2D eigenvalue weighted by molar-refractivity contribution is 7.16. The molecule has 0 saturated heterocycles. The molecule has 0 radical (unpaired) electrons. The number of benzene rings is 2. The standard InChI is InChI=1S/C24H21N3O6S/c28-22(13-4-6-17-18(10-13)33-12-32-17)27-24-26-21-15(2-1-3-20(21)34-24)23(29)25-14-5-7-16-19(11-14)31-9-8-30-16/h4-7,10-11,15H,1-3,8-9,12H2,(H,25,29)(H,26,27,28)/t15-/m1/s1. The Balaban J connectivity index is 1.17. The van der Waals surface area contributed by atoms with Crippen LogP contribution < -0.4 is 29.6 Å². The Morgan fingerprint density at radius 3 is 2.59 bits per heavy atom. The summed E-state index contributed by atoms with van der Waals surface area (Å²) in [6, 6.07) is 10.4. The molecule has 6 rings (SSSR count). The average Bonchev–Trinajstić information content (AvgIpc) is 3.49. The Labute approximate surface area is 199 Å². The Kier molecular flexibility index (Phi) is 5.21. The number of hydrogen-bond acceptors (Lipinski definition) is 8. The van der Waals surface area contributed by atoms with Gasteiger partial charge in [-0.05, 0) is 49.6 Å². The Morgan fingerprint density at radius 2 is 1.68 bits per heavy atom. The number of fused-ring (bicyclic) bond motifs is 3. The summed E-state index contributed by atoms with van der Waals surface area (Å²) < 4.78 is 21.8. The third kappa shape index (κ3) is 3.90. The van der Waals surface area contributed by atoms with Crippen molar-refractivity contribution < 1.29 is 28.5 Å². The van der Waals surface area contributed by atoms with E-state index in [1.54, 1.807) is 36.4 Å². The molecule has 3 aliphatic rings. The van der Waals surface area contributed by atoms with Gasteiger partial charge in [0.15, 0.2) is 28.1 Å². The molecule has 0 bridgehead atoms. The predicted octanol–water partition coefficient (Wildman–Crippen LogP) is 3.95. The van der Waals surface area contributed by atoms with Crippen LogP contribution in [0.3, 0.4) is 0 Å².